The zero-order valence-electron chi connectivity index (χ0n) is 15.2. The van der Waals surface area contributed by atoms with Crippen LogP contribution in [0, 0.1) is 19.7 Å². The Labute approximate surface area is 153 Å². The van der Waals surface area contributed by atoms with Crippen LogP contribution in [0.25, 0.3) is 0 Å². The Morgan fingerprint density at radius 1 is 0.962 bits per heavy atom. The minimum atomic E-state index is -0.357. The van der Waals surface area contributed by atoms with E-state index in [9.17, 15) is 14.0 Å². The number of carbonyl (C=O) groups is 2. The van der Waals surface area contributed by atoms with Gasteiger partial charge < -0.3 is 9.80 Å². The summed E-state index contributed by atoms with van der Waals surface area (Å²) in [5, 5.41) is 0. The number of benzene rings is 2. The van der Waals surface area contributed by atoms with Crippen LogP contribution >= 0.6 is 0 Å². The van der Waals surface area contributed by atoms with Crippen molar-refractivity contribution in [1.29, 1.82) is 0 Å². The SMILES string of the molecule is Cc1ccc(C)c(C(=O)N2CCN(C(=O)Cc3ccccc3F)CC2)c1. The molecule has 1 aliphatic heterocycles. The van der Waals surface area contributed by atoms with Gasteiger partial charge in [0.25, 0.3) is 5.91 Å². The highest BCUT2D eigenvalue weighted by atomic mass is 19.1. The summed E-state index contributed by atoms with van der Waals surface area (Å²) in [5.41, 5.74) is 3.14. The summed E-state index contributed by atoms with van der Waals surface area (Å²) in [6.45, 7) is 5.84. The molecule has 0 spiro atoms. The zero-order valence-corrected chi connectivity index (χ0v) is 15.2. The number of piperazine rings is 1. The maximum atomic E-state index is 13.7. The summed E-state index contributed by atoms with van der Waals surface area (Å²) in [4.78, 5) is 28.7. The van der Waals surface area contributed by atoms with Crippen LogP contribution in [0.5, 0.6) is 0 Å². The van der Waals surface area contributed by atoms with Crippen molar-refractivity contribution in [2.24, 2.45) is 0 Å². The van der Waals surface area contributed by atoms with Gasteiger partial charge in [-0.1, -0.05) is 35.9 Å². The summed E-state index contributed by atoms with van der Waals surface area (Å²) in [7, 11) is 0. The normalized spacial score (nSPS) is 14.4. The van der Waals surface area contributed by atoms with E-state index in [1.165, 1.54) is 6.07 Å². The lowest BCUT2D eigenvalue weighted by molar-refractivity contribution is -0.132. The highest BCUT2D eigenvalue weighted by molar-refractivity contribution is 5.96. The standard InChI is InChI=1S/C21H23FN2O2/c1-15-7-8-16(2)18(13-15)21(26)24-11-9-23(10-12-24)20(25)14-17-5-3-4-6-19(17)22/h3-8,13H,9-12,14H2,1-2H3. The molecule has 0 N–H and O–H groups in total. The summed E-state index contributed by atoms with van der Waals surface area (Å²) < 4.78 is 13.7. The maximum absolute atomic E-state index is 13.7. The molecule has 0 radical (unpaired) electrons. The molecule has 2 aromatic carbocycles. The average molecular weight is 354 g/mol. The minimum absolute atomic E-state index is 0.00685. The number of carbonyl (C=O) groups excluding carboxylic acids is 2. The lowest BCUT2D eigenvalue weighted by Crippen LogP contribution is -2.51. The highest BCUT2D eigenvalue weighted by Crippen LogP contribution is 2.16. The molecule has 0 aliphatic carbocycles. The Balaban J connectivity index is 1.60. The van der Waals surface area contributed by atoms with Crippen LogP contribution in [0.15, 0.2) is 42.5 Å². The predicted octanol–water partition coefficient (Wildman–Crippen LogP) is 2.97. The van der Waals surface area contributed by atoms with Gasteiger partial charge in [0.05, 0.1) is 6.42 Å². The Bertz CT molecular complexity index is 827. The largest absolute Gasteiger partial charge is 0.339 e. The van der Waals surface area contributed by atoms with Gasteiger partial charge in [-0.15, -0.1) is 0 Å². The number of nitrogens with zero attached hydrogens (tertiary/aromatic N) is 2. The highest BCUT2D eigenvalue weighted by Gasteiger charge is 2.26. The van der Waals surface area contributed by atoms with Crippen LogP contribution in [0.2, 0.25) is 0 Å². The van der Waals surface area contributed by atoms with E-state index in [2.05, 4.69) is 0 Å². The molecule has 5 heteroatoms. The molecule has 136 valence electrons. The smallest absolute Gasteiger partial charge is 0.254 e. The third-order valence-electron chi connectivity index (χ3n) is 4.84. The van der Waals surface area contributed by atoms with Gasteiger partial charge in [-0.25, -0.2) is 4.39 Å². The Morgan fingerprint density at radius 3 is 2.31 bits per heavy atom. The molecule has 1 heterocycles. The van der Waals surface area contributed by atoms with Crippen LogP contribution in [-0.4, -0.2) is 47.8 Å². The molecule has 0 saturated carbocycles. The van der Waals surface area contributed by atoms with Gasteiger partial charge >= 0.3 is 0 Å². The summed E-state index contributed by atoms with van der Waals surface area (Å²) in [6, 6.07) is 12.2. The maximum Gasteiger partial charge on any atom is 0.254 e. The molecule has 0 bridgehead atoms. The monoisotopic (exact) mass is 354 g/mol. The zero-order chi connectivity index (χ0) is 18.7. The van der Waals surface area contributed by atoms with Gasteiger partial charge in [0.15, 0.2) is 0 Å². The second kappa shape index (κ2) is 7.68. The van der Waals surface area contributed by atoms with Crippen molar-refractivity contribution in [2.75, 3.05) is 26.2 Å². The molecule has 2 amide bonds. The molecule has 0 atom stereocenters. The Morgan fingerprint density at radius 2 is 1.62 bits per heavy atom. The summed E-state index contributed by atoms with van der Waals surface area (Å²) in [5.74, 6) is -0.453. The van der Waals surface area contributed by atoms with Crippen molar-refractivity contribution >= 4 is 11.8 Å². The summed E-state index contributed by atoms with van der Waals surface area (Å²) >= 11 is 0. The van der Waals surface area contributed by atoms with Crippen LogP contribution in [0.4, 0.5) is 4.39 Å². The topological polar surface area (TPSA) is 40.6 Å². The van der Waals surface area contributed by atoms with E-state index in [1.54, 1.807) is 28.0 Å². The fourth-order valence-corrected chi connectivity index (χ4v) is 3.21. The Hall–Kier alpha value is -2.69. The van der Waals surface area contributed by atoms with E-state index < -0.39 is 0 Å². The molecule has 1 aliphatic rings. The van der Waals surface area contributed by atoms with Gasteiger partial charge in [0.1, 0.15) is 5.82 Å². The predicted molar refractivity (Wildman–Crippen MR) is 98.5 cm³/mol. The molecular weight excluding hydrogens is 331 g/mol. The first-order chi connectivity index (χ1) is 12.5. The van der Waals surface area contributed by atoms with Crippen molar-refractivity contribution in [3.63, 3.8) is 0 Å². The van der Waals surface area contributed by atoms with E-state index in [1.807, 2.05) is 32.0 Å². The molecule has 3 rings (SSSR count). The van der Waals surface area contributed by atoms with Gasteiger partial charge in [0.2, 0.25) is 5.91 Å². The van der Waals surface area contributed by atoms with Crippen molar-refractivity contribution in [2.45, 2.75) is 20.3 Å². The summed E-state index contributed by atoms with van der Waals surface area (Å²) in [6.07, 6.45) is 0.0532. The third-order valence-corrected chi connectivity index (χ3v) is 4.84. The van der Waals surface area contributed by atoms with Gasteiger partial charge in [-0.2, -0.15) is 0 Å². The third kappa shape index (κ3) is 3.93. The molecule has 0 unspecified atom stereocenters. The molecule has 1 saturated heterocycles. The van der Waals surface area contributed by atoms with Gasteiger partial charge in [0, 0.05) is 31.7 Å². The molecule has 2 aromatic rings. The van der Waals surface area contributed by atoms with E-state index in [4.69, 9.17) is 0 Å². The van der Waals surface area contributed by atoms with Crippen molar-refractivity contribution in [3.8, 4) is 0 Å². The van der Waals surface area contributed by atoms with Crippen molar-refractivity contribution in [3.05, 3.63) is 70.5 Å². The Kier molecular flexibility index (Phi) is 5.35. The average Bonchev–Trinajstić information content (AvgIpc) is 2.65. The number of halogens is 1. The quantitative estimate of drug-likeness (QED) is 0.850. The number of amides is 2. The van der Waals surface area contributed by atoms with E-state index >= 15 is 0 Å². The minimum Gasteiger partial charge on any atom is -0.339 e. The van der Waals surface area contributed by atoms with Crippen LogP contribution in [0.3, 0.4) is 0 Å². The second-order valence-electron chi connectivity index (χ2n) is 6.76. The van der Waals surface area contributed by atoms with Crippen LogP contribution in [0.1, 0.15) is 27.0 Å². The fourth-order valence-electron chi connectivity index (χ4n) is 3.21. The van der Waals surface area contributed by atoms with Crippen molar-refractivity contribution in [1.82, 2.24) is 9.80 Å². The molecular formula is C21H23FN2O2. The molecule has 26 heavy (non-hydrogen) atoms. The van der Waals surface area contributed by atoms with E-state index in [0.29, 0.717) is 31.7 Å². The first kappa shape index (κ1) is 18.1. The lowest BCUT2D eigenvalue weighted by atomic mass is 10.0. The van der Waals surface area contributed by atoms with Gasteiger partial charge in [-0.05, 0) is 37.1 Å². The lowest BCUT2D eigenvalue weighted by Gasteiger charge is -2.35. The van der Waals surface area contributed by atoms with Crippen molar-refractivity contribution < 1.29 is 14.0 Å². The van der Waals surface area contributed by atoms with E-state index in [-0.39, 0.29) is 24.1 Å². The molecule has 0 aromatic heterocycles. The first-order valence-corrected chi connectivity index (χ1v) is 8.83. The molecule has 4 nitrogen and oxygen atoms in total. The first-order valence-electron chi connectivity index (χ1n) is 8.83. The van der Waals surface area contributed by atoms with Crippen LogP contribution in [-0.2, 0) is 11.2 Å². The van der Waals surface area contributed by atoms with Gasteiger partial charge in [-0.3, -0.25) is 9.59 Å². The van der Waals surface area contributed by atoms with E-state index in [0.717, 1.165) is 16.7 Å². The molecule has 1 fully saturated rings. The number of rotatable bonds is 3. The van der Waals surface area contributed by atoms with Crippen LogP contribution < -0.4 is 0 Å². The number of hydrogen-bond donors (Lipinski definition) is 0. The fraction of sp³-hybridized carbons (Fsp3) is 0.333. The number of hydrogen-bond acceptors (Lipinski definition) is 2. The number of aryl methyl sites for hydroxylation is 2. The second-order valence-corrected chi connectivity index (χ2v) is 6.76.